The van der Waals surface area contributed by atoms with Gasteiger partial charge in [-0.05, 0) is 38.1 Å². The number of amides is 1. The number of primary amides is 1. The number of benzene rings is 1. The first kappa shape index (κ1) is 14.8. The van der Waals surface area contributed by atoms with Gasteiger partial charge in [-0.25, -0.2) is 0 Å². The minimum Gasteiger partial charge on any atom is -0.369 e. The Labute approximate surface area is 120 Å². The topological polar surface area (TPSA) is 75.6 Å². The zero-order chi connectivity index (χ0) is 14.8. The lowest BCUT2D eigenvalue weighted by Crippen LogP contribution is -2.53. The molecule has 1 aromatic carbocycles. The Kier molecular flexibility index (Phi) is 4.30. The Balaban J connectivity index is 1.92. The van der Waals surface area contributed by atoms with Gasteiger partial charge in [-0.2, -0.15) is 0 Å². The number of rotatable bonds is 4. The summed E-state index contributed by atoms with van der Waals surface area (Å²) in [6, 6.07) is 7.49. The van der Waals surface area contributed by atoms with Crippen molar-refractivity contribution in [3.05, 3.63) is 29.8 Å². The van der Waals surface area contributed by atoms with Crippen LogP contribution in [-0.4, -0.2) is 49.1 Å². The van der Waals surface area contributed by atoms with Crippen molar-refractivity contribution in [2.75, 3.05) is 37.6 Å². The van der Waals surface area contributed by atoms with E-state index in [-0.39, 0.29) is 11.4 Å². The zero-order valence-corrected chi connectivity index (χ0v) is 12.3. The molecule has 1 fully saturated rings. The SMILES string of the molecule is CC(C)(N)CN1CCN(c2ccc(C(N)=O)cc2)CC1. The third-order valence-electron chi connectivity index (χ3n) is 3.52. The Morgan fingerprint density at radius 2 is 1.70 bits per heavy atom. The Morgan fingerprint density at radius 3 is 2.15 bits per heavy atom. The van der Waals surface area contributed by atoms with E-state index in [0.29, 0.717) is 5.56 Å². The van der Waals surface area contributed by atoms with Crippen molar-refractivity contribution < 1.29 is 4.79 Å². The average Bonchev–Trinajstić information content (AvgIpc) is 2.38. The third-order valence-corrected chi connectivity index (χ3v) is 3.52. The second-order valence-electron chi connectivity index (χ2n) is 6.16. The number of hydrogen-bond acceptors (Lipinski definition) is 4. The highest BCUT2D eigenvalue weighted by Gasteiger charge is 2.21. The van der Waals surface area contributed by atoms with Crippen LogP contribution in [0.4, 0.5) is 5.69 Å². The van der Waals surface area contributed by atoms with E-state index < -0.39 is 0 Å². The molecule has 4 N–H and O–H groups in total. The molecule has 1 aliphatic rings. The largest absolute Gasteiger partial charge is 0.369 e. The lowest BCUT2D eigenvalue weighted by atomic mass is 10.1. The Bertz CT molecular complexity index is 456. The lowest BCUT2D eigenvalue weighted by Gasteiger charge is -2.38. The third kappa shape index (κ3) is 3.95. The molecule has 2 rings (SSSR count). The number of hydrogen-bond donors (Lipinski definition) is 2. The minimum absolute atomic E-state index is 0.148. The van der Waals surface area contributed by atoms with E-state index in [0.717, 1.165) is 38.4 Å². The quantitative estimate of drug-likeness (QED) is 0.846. The van der Waals surface area contributed by atoms with Crippen LogP contribution in [0.15, 0.2) is 24.3 Å². The van der Waals surface area contributed by atoms with Gasteiger partial charge < -0.3 is 16.4 Å². The maximum Gasteiger partial charge on any atom is 0.248 e. The van der Waals surface area contributed by atoms with Gasteiger partial charge in [-0.15, -0.1) is 0 Å². The van der Waals surface area contributed by atoms with Crippen molar-refractivity contribution >= 4 is 11.6 Å². The summed E-state index contributed by atoms with van der Waals surface area (Å²) in [6.07, 6.45) is 0. The molecule has 0 unspecified atom stereocenters. The number of nitrogens with two attached hydrogens (primary N) is 2. The summed E-state index contributed by atoms with van der Waals surface area (Å²) in [5.74, 6) is -0.383. The zero-order valence-electron chi connectivity index (χ0n) is 12.3. The molecule has 1 aliphatic heterocycles. The summed E-state index contributed by atoms with van der Waals surface area (Å²) in [7, 11) is 0. The van der Waals surface area contributed by atoms with Crippen molar-refractivity contribution in [3.8, 4) is 0 Å². The van der Waals surface area contributed by atoms with Gasteiger partial charge in [0.15, 0.2) is 0 Å². The molecule has 0 radical (unpaired) electrons. The van der Waals surface area contributed by atoms with Gasteiger partial charge in [0, 0.05) is 49.5 Å². The van der Waals surface area contributed by atoms with Gasteiger partial charge in [-0.1, -0.05) is 0 Å². The van der Waals surface area contributed by atoms with Crippen LogP contribution >= 0.6 is 0 Å². The summed E-state index contributed by atoms with van der Waals surface area (Å²) >= 11 is 0. The van der Waals surface area contributed by atoms with Crippen LogP contribution in [-0.2, 0) is 0 Å². The second-order valence-corrected chi connectivity index (χ2v) is 6.16. The van der Waals surface area contributed by atoms with Crippen molar-refractivity contribution in [1.82, 2.24) is 4.90 Å². The predicted octanol–water partition coefficient (Wildman–Crippen LogP) is 0.645. The van der Waals surface area contributed by atoms with Crippen molar-refractivity contribution in [2.45, 2.75) is 19.4 Å². The highest BCUT2D eigenvalue weighted by molar-refractivity contribution is 5.93. The molecule has 0 aromatic heterocycles. The monoisotopic (exact) mass is 276 g/mol. The molecule has 20 heavy (non-hydrogen) atoms. The van der Waals surface area contributed by atoms with E-state index in [1.165, 1.54) is 0 Å². The smallest absolute Gasteiger partial charge is 0.248 e. The molecule has 0 atom stereocenters. The molecule has 5 nitrogen and oxygen atoms in total. The standard InChI is InChI=1S/C15H24N4O/c1-15(2,17)11-18-7-9-19(10-8-18)13-5-3-12(4-6-13)14(16)20/h3-6H,7-11,17H2,1-2H3,(H2,16,20). The van der Waals surface area contributed by atoms with Crippen LogP contribution in [0.2, 0.25) is 0 Å². The maximum atomic E-state index is 11.1. The summed E-state index contributed by atoms with van der Waals surface area (Å²) in [5, 5.41) is 0. The van der Waals surface area contributed by atoms with Gasteiger partial charge in [0.2, 0.25) is 5.91 Å². The predicted molar refractivity (Wildman–Crippen MR) is 81.9 cm³/mol. The molecule has 0 aliphatic carbocycles. The summed E-state index contributed by atoms with van der Waals surface area (Å²) in [5.41, 5.74) is 12.9. The van der Waals surface area contributed by atoms with Gasteiger partial charge in [0.25, 0.3) is 0 Å². The van der Waals surface area contributed by atoms with E-state index in [2.05, 4.69) is 23.6 Å². The van der Waals surface area contributed by atoms with E-state index in [9.17, 15) is 4.79 Å². The molecular weight excluding hydrogens is 252 g/mol. The van der Waals surface area contributed by atoms with Crippen LogP contribution < -0.4 is 16.4 Å². The van der Waals surface area contributed by atoms with Crippen LogP contribution in [0.5, 0.6) is 0 Å². The minimum atomic E-state index is -0.383. The molecule has 5 heteroatoms. The van der Waals surface area contributed by atoms with Crippen LogP contribution in [0.3, 0.4) is 0 Å². The first-order valence-corrected chi connectivity index (χ1v) is 7.01. The first-order chi connectivity index (χ1) is 9.35. The van der Waals surface area contributed by atoms with Crippen LogP contribution in [0.25, 0.3) is 0 Å². The fourth-order valence-electron chi connectivity index (χ4n) is 2.58. The molecule has 0 bridgehead atoms. The first-order valence-electron chi connectivity index (χ1n) is 7.01. The fraction of sp³-hybridized carbons (Fsp3) is 0.533. The van der Waals surface area contributed by atoms with Crippen LogP contribution in [0, 0.1) is 0 Å². The van der Waals surface area contributed by atoms with E-state index in [1.807, 2.05) is 12.1 Å². The molecule has 1 heterocycles. The van der Waals surface area contributed by atoms with E-state index >= 15 is 0 Å². The molecule has 1 saturated heterocycles. The maximum absolute atomic E-state index is 11.1. The van der Waals surface area contributed by atoms with Crippen molar-refractivity contribution in [2.24, 2.45) is 11.5 Å². The Hall–Kier alpha value is -1.59. The highest BCUT2D eigenvalue weighted by atomic mass is 16.1. The van der Waals surface area contributed by atoms with Gasteiger partial charge in [0.05, 0.1) is 0 Å². The molecule has 0 saturated carbocycles. The Morgan fingerprint density at radius 1 is 1.15 bits per heavy atom. The number of piperazine rings is 1. The molecular formula is C15H24N4O. The second kappa shape index (κ2) is 5.81. The van der Waals surface area contributed by atoms with Gasteiger partial charge in [-0.3, -0.25) is 9.69 Å². The van der Waals surface area contributed by atoms with Gasteiger partial charge in [0.1, 0.15) is 0 Å². The fourth-order valence-corrected chi connectivity index (χ4v) is 2.58. The summed E-state index contributed by atoms with van der Waals surface area (Å²) in [6.45, 7) is 9.01. The lowest BCUT2D eigenvalue weighted by molar-refractivity contribution is 0.100. The van der Waals surface area contributed by atoms with Crippen molar-refractivity contribution in [1.29, 1.82) is 0 Å². The number of carbonyl (C=O) groups is 1. The highest BCUT2D eigenvalue weighted by Crippen LogP contribution is 2.17. The number of carbonyl (C=O) groups excluding carboxylic acids is 1. The number of nitrogens with zero attached hydrogens (tertiary/aromatic N) is 2. The van der Waals surface area contributed by atoms with E-state index in [1.54, 1.807) is 12.1 Å². The number of anilines is 1. The summed E-state index contributed by atoms with van der Waals surface area (Å²) < 4.78 is 0. The normalized spacial score (nSPS) is 17.2. The van der Waals surface area contributed by atoms with E-state index in [4.69, 9.17) is 11.5 Å². The summed E-state index contributed by atoms with van der Waals surface area (Å²) in [4.78, 5) is 15.8. The average molecular weight is 276 g/mol. The van der Waals surface area contributed by atoms with Gasteiger partial charge >= 0.3 is 0 Å². The molecule has 0 spiro atoms. The van der Waals surface area contributed by atoms with Crippen molar-refractivity contribution in [3.63, 3.8) is 0 Å². The molecule has 110 valence electrons. The molecule has 1 amide bonds. The molecule has 1 aromatic rings. The van der Waals surface area contributed by atoms with Crippen LogP contribution in [0.1, 0.15) is 24.2 Å².